The standard InChI is InChI=1S/C13H14ClN/c1-8-6-7-10(14)13-12(8)9-4-2-3-5-11(9)15-13/h6-7,15H,2-5H2,1H3. The number of H-pyrrole nitrogens is 1. The molecule has 2 heteroatoms. The maximum Gasteiger partial charge on any atom is 0.0651 e. The highest BCUT2D eigenvalue weighted by Crippen LogP contribution is 2.34. The maximum atomic E-state index is 6.22. The zero-order valence-corrected chi connectivity index (χ0v) is 9.62. The van der Waals surface area contributed by atoms with Gasteiger partial charge in [0.15, 0.2) is 0 Å². The first-order chi connectivity index (χ1) is 7.27. The molecule has 0 saturated carbocycles. The molecule has 0 saturated heterocycles. The molecule has 1 aromatic carbocycles. The molecule has 15 heavy (non-hydrogen) atoms. The topological polar surface area (TPSA) is 15.8 Å². The monoisotopic (exact) mass is 219 g/mol. The smallest absolute Gasteiger partial charge is 0.0651 e. The molecule has 2 aromatic rings. The summed E-state index contributed by atoms with van der Waals surface area (Å²) < 4.78 is 0. The lowest BCUT2D eigenvalue weighted by atomic mass is 9.94. The van der Waals surface area contributed by atoms with Crippen LogP contribution in [0.1, 0.15) is 29.7 Å². The number of aryl methyl sites for hydroxylation is 3. The summed E-state index contributed by atoms with van der Waals surface area (Å²) in [6, 6.07) is 4.11. The van der Waals surface area contributed by atoms with Crippen LogP contribution in [0.3, 0.4) is 0 Å². The number of aromatic nitrogens is 1. The number of rotatable bonds is 0. The summed E-state index contributed by atoms with van der Waals surface area (Å²) in [6.07, 6.45) is 5.00. The lowest BCUT2D eigenvalue weighted by molar-refractivity contribution is 0.680. The first-order valence-corrected chi connectivity index (χ1v) is 5.93. The van der Waals surface area contributed by atoms with E-state index in [1.54, 1.807) is 0 Å². The van der Waals surface area contributed by atoms with Crippen molar-refractivity contribution >= 4 is 22.5 Å². The molecule has 0 amide bonds. The van der Waals surface area contributed by atoms with Gasteiger partial charge in [0, 0.05) is 11.1 Å². The Morgan fingerprint density at radius 2 is 2.00 bits per heavy atom. The molecule has 0 radical (unpaired) electrons. The second kappa shape index (κ2) is 3.28. The zero-order chi connectivity index (χ0) is 10.4. The van der Waals surface area contributed by atoms with Crippen molar-refractivity contribution in [3.05, 3.63) is 34.0 Å². The minimum Gasteiger partial charge on any atom is -0.357 e. The van der Waals surface area contributed by atoms with Crippen LogP contribution in [-0.4, -0.2) is 4.98 Å². The van der Waals surface area contributed by atoms with Gasteiger partial charge in [0.25, 0.3) is 0 Å². The molecule has 1 aliphatic rings. The predicted octanol–water partition coefficient (Wildman–Crippen LogP) is 4.01. The van der Waals surface area contributed by atoms with Gasteiger partial charge in [-0.25, -0.2) is 0 Å². The lowest BCUT2D eigenvalue weighted by Gasteiger charge is -2.11. The lowest BCUT2D eigenvalue weighted by Crippen LogP contribution is -2.00. The fraction of sp³-hybridized carbons (Fsp3) is 0.385. The number of nitrogens with one attached hydrogen (secondary N) is 1. The fourth-order valence-electron chi connectivity index (χ4n) is 2.66. The maximum absolute atomic E-state index is 6.22. The van der Waals surface area contributed by atoms with Crippen molar-refractivity contribution in [2.75, 3.05) is 0 Å². The van der Waals surface area contributed by atoms with Crippen LogP contribution in [0.2, 0.25) is 5.02 Å². The van der Waals surface area contributed by atoms with E-state index in [-0.39, 0.29) is 0 Å². The molecular formula is C13H14ClN. The molecule has 1 nitrogen and oxygen atoms in total. The Hall–Kier alpha value is -0.950. The average Bonchev–Trinajstić information content (AvgIpc) is 2.64. The van der Waals surface area contributed by atoms with Gasteiger partial charge in [0.1, 0.15) is 0 Å². The summed E-state index contributed by atoms with van der Waals surface area (Å²) in [7, 11) is 0. The molecule has 1 N–H and O–H groups in total. The van der Waals surface area contributed by atoms with Crippen molar-refractivity contribution in [3.63, 3.8) is 0 Å². The first-order valence-electron chi connectivity index (χ1n) is 5.56. The Bertz CT molecular complexity index is 525. The summed E-state index contributed by atoms with van der Waals surface area (Å²) in [5.41, 5.74) is 5.40. The van der Waals surface area contributed by atoms with Crippen LogP contribution >= 0.6 is 11.6 Å². The molecule has 3 rings (SSSR count). The van der Waals surface area contributed by atoms with Crippen LogP contribution in [-0.2, 0) is 12.8 Å². The number of benzene rings is 1. The third kappa shape index (κ3) is 1.30. The second-order valence-electron chi connectivity index (χ2n) is 4.40. The van der Waals surface area contributed by atoms with Gasteiger partial charge in [-0.2, -0.15) is 0 Å². The van der Waals surface area contributed by atoms with Crippen LogP contribution < -0.4 is 0 Å². The molecule has 78 valence electrons. The highest BCUT2D eigenvalue weighted by Gasteiger charge is 2.17. The van der Waals surface area contributed by atoms with Crippen LogP contribution in [0, 0.1) is 6.92 Å². The van der Waals surface area contributed by atoms with Crippen LogP contribution in [0.15, 0.2) is 12.1 Å². The van der Waals surface area contributed by atoms with E-state index in [2.05, 4.69) is 18.0 Å². The van der Waals surface area contributed by atoms with Gasteiger partial charge < -0.3 is 4.98 Å². The first kappa shape index (κ1) is 9.29. The number of hydrogen-bond donors (Lipinski definition) is 1. The van der Waals surface area contributed by atoms with E-state index < -0.39 is 0 Å². The highest BCUT2D eigenvalue weighted by molar-refractivity contribution is 6.35. The second-order valence-corrected chi connectivity index (χ2v) is 4.81. The number of aromatic amines is 1. The molecule has 0 fully saturated rings. The normalized spacial score (nSPS) is 15.6. The van der Waals surface area contributed by atoms with Gasteiger partial charge in [-0.15, -0.1) is 0 Å². The Balaban J connectivity index is 2.41. The van der Waals surface area contributed by atoms with Gasteiger partial charge in [0.2, 0.25) is 0 Å². The zero-order valence-electron chi connectivity index (χ0n) is 8.86. The van der Waals surface area contributed by atoms with E-state index in [9.17, 15) is 0 Å². The molecule has 0 spiro atoms. The van der Waals surface area contributed by atoms with Gasteiger partial charge in [-0.05, 0) is 49.8 Å². The molecule has 1 heterocycles. The van der Waals surface area contributed by atoms with Crippen LogP contribution in [0.25, 0.3) is 10.9 Å². The Kier molecular flexibility index (Phi) is 2.03. The Labute approximate surface area is 94.4 Å². The minimum atomic E-state index is 0.852. The van der Waals surface area contributed by atoms with E-state index >= 15 is 0 Å². The minimum absolute atomic E-state index is 0.852. The molecule has 0 bridgehead atoms. The summed E-state index contributed by atoms with van der Waals surface area (Å²) >= 11 is 6.22. The van der Waals surface area contributed by atoms with E-state index in [1.807, 2.05) is 6.07 Å². The summed E-state index contributed by atoms with van der Waals surface area (Å²) in [4.78, 5) is 3.49. The number of fused-ring (bicyclic) bond motifs is 3. The Morgan fingerprint density at radius 1 is 1.20 bits per heavy atom. The van der Waals surface area contributed by atoms with Gasteiger partial charge >= 0.3 is 0 Å². The van der Waals surface area contributed by atoms with E-state index in [0.29, 0.717) is 0 Å². The van der Waals surface area contributed by atoms with E-state index in [1.165, 1.54) is 47.9 Å². The summed E-state index contributed by atoms with van der Waals surface area (Å²) in [5.74, 6) is 0. The molecule has 0 atom stereocenters. The van der Waals surface area contributed by atoms with E-state index in [0.717, 1.165) is 10.5 Å². The summed E-state index contributed by atoms with van der Waals surface area (Å²) in [6.45, 7) is 2.17. The van der Waals surface area contributed by atoms with E-state index in [4.69, 9.17) is 11.6 Å². The van der Waals surface area contributed by atoms with Crippen molar-refractivity contribution in [3.8, 4) is 0 Å². The van der Waals surface area contributed by atoms with Crippen LogP contribution in [0.5, 0.6) is 0 Å². The molecular weight excluding hydrogens is 206 g/mol. The van der Waals surface area contributed by atoms with Gasteiger partial charge in [-0.1, -0.05) is 17.7 Å². The SMILES string of the molecule is Cc1ccc(Cl)c2[nH]c3c(c12)CCCC3. The number of halogens is 1. The largest absolute Gasteiger partial charge is 0.357 e. The van der Waals surface area contributed by atoms with Gasteiger partial charge in [0.05, 0.1) is 10.5 Å². The molecule has 1 aromatic heterocycles. The quantitative estimate of drug-likeness (QED) is 0.689. The predicted molar refractivity (Wildman–Crippen MR) is 64.7 cm³/mol. The van der Waals surface area contributed by atoms with Crippen molar-refractivity contribution in [2.45, 2.75) is 32.6 Å². The number of hydrogen-bond acceptors (Lipinski definition) is 0. The molecule has 0 aliphatic heterocycles. The molecule has 0 unspecified atom stereocenters. The third-order valence-electron chi connectivity index (χ3n) is 3.41. The van der Waals surface area contributed by atoms with Crippen molar-refractivity contribution in [1.82, 2.24) is 4.98 Å². The fourth-order valence-corrected chi connectivity index (χ4v) is 2.87. The van der Waals surface area contributed by atoms with Crippen molar-refractivity contribution < 1.29 is 0 Å². The van der Waals surface area contributed by atoms with Crippen LogP contribution in [0.4, 0.5) is 0 Å². The van der Waals surface area contributed by atoms with Crippen molar-refractivity contribution in [2.24, 2.45) is 0 Å². The van der Waals surface area contributed by atoms with Gasteiger partial charge in [-0.3, -0.25) is 0 Å². The average molecular weight is 220 g/mol. The highest BCUT2D eigenvalue weighted by atomic mass is 35.5. The Morgan fingerprint density at radius 3 is 2.87 bits per heavy atom. The summed E-state index contributed by atoms with van der Waals surface area (Å²) in [5, 5.41) is 2.22. The molecule has 1 aliphatic carbocycles. The third-order valence-corrected chi connectivity index (χ3v) is 3.72. The van der Waals surface area contributed by atoms with Crippen molar-refractivity contribution in [1.29, 1.82) is 0 Å².